The fourth-order valence-electron chi connectivity index (χ4n) is 1.54. The molecule has 0 bridgehead atoms. The lowest BCUT2D eigenvalue weighted by molar-refractivity contribution is 0.658. The highest BCUT2D eigenvalue weighted by Crippen LogP contribution is 2.19. The second kappa shape index (κ2) is 4.05. The third kappa shape index (κ3) is 2.40. The lowest BCUT2D eigenvalue weighted by Gasteiger charge is -2.22. The maximum Gasteiger partial charge on any atom is 0.148 e. The molecule has 0 aliphatic carbocycles. The zero-order chi connectivity index (χ0) is 9.10. The summed E-state index contributed by atoms with van der Waals surface area (Å²) in [7, 11) is 1.95. The monoisotopic (exact) mass is 197 g/mol. The zero-order valence-corrected chi connectivity index (χ0v) is 8.68. The first-order chi connectivity index (χ1) is 6.34. The molecular formula is C9H15N3S. The normalized spacial score (nSPS) is 18.8. The minimum Gasteiger partial charge on any atom is -0.366 e. The molecule has 0 atom stereocenters. The molecule has 1 aliphatic rings. The summed E-state index contributed by atoms with van der Waals surface area (Å²) < 4.78 is 1.83. The van der Waals surface area contributed by atoms with Crippen molar-refractivity contribution >= 4 is 17.6 Å². The van der Waals surface area contributed by atoms with Crippen LogP contribution < -0.4 is 5.32 Å². The molecule has 1 aromatic rings. The Kier molecular flexibility index (Phi) is 2.78. The number of aromatic nitrogens is 2. The van der Waals surface area contributed by atoms with Gasteiger partial charge in [0.2, 0.25) is 0 Å². The van der Waals surface area contributed by atoms with Crippen molar-refractivity contribution in [1.29, 1.82) is 0 Å². The molecule has 0 amide bonds. The Balaban J connectivity index is 1.89. The largest absolute Gasteiger partial charge is 0.366 e. The molecule has 72 valence electrons. The number of thioether (sulfide) groups is 1. The molecule has 1 aliphatic heterocycles. The molecule has 0 spiro atoms. The second-order valence-corrected chi connectivity index (χ2v) is 4.63. The molecular weight excluding hydrogens is 182 g/mol. The van der Waals surface area contributed by atoms with Gasteiger partial charge in [-0.15, -0.1) is 0 Å². The van der Waals surface area contributed by atoms with Gasteiger partial charge in [-0.25, -0.2) is 0 Å². The lowest BCUT2D eigenvalue weighted by atomic mass is 10.1. The van der Waals surface area contributed by atoms with Crippen LogP contribution >= 0.6 is 11.8 Å². The van der Waals surface area contributed by atoms with Gasteiger partial charge in [0.05, 0.1) is 0 Å². The fraction of sp³-hybridized carbons (Fsp3) is 0.667. The predicted octanol–water partition coefficient (Wildman–Crippen LogP) is 1.73. The average molecular weight is 197 g/mol. The van der Waals surface area contributed by atoms with Gasteiger partial charge in [0.25, 0.3) is 0 Å². The van der Waals surface area contributed by atoms with Crippen molar-refractivity contribution in [2.24, 2.45) is 7.05 Å². The molecule has 1 aromatic heterocycles. The van der Waals surface area contributed by atoms with E-state index in [1.807, 2.05) is 35.8 Å². The van der Waals surface area contributed by atoms with Crippen LogP contribution in [0.1, 0.15) is 12.8 Å². The Morgan fingerprint density at radius 2 is 2.31 bits per heavy atom. The zero-order valence-electron chi connectivity index (χ0n) is 7.86. The first kappa shape index (κ1) is 8.94. The number of aryl methyl sites for hydroxylation is 1. The number of anilines is 1. The van der Waals surface area contributed by atoms with Gasteiger partial charge in [-0.05, 0) is 24.3 Å². The SMILES string of the molecule is Cn1ccc(NC2CCSCC2)n1. The highest BCUT2D eigenvalue weighted by atomic mass is 32.2. The van der Waals surface area contributed by atoms with E-state index in [1.54, 1.807) is 0 Å². The molecule has 1 N–H and O–H groups in total. The van der Waals surface area contributed by atoms with E-state index in [-0.39, 0.29) is 0 Å². The minimum atomic E-state index is 0.635. The van der Waals surface area contributed by atoms with Crippen molar-refractivity contribution in [1.82, 2.24) is 9.78 Å². The molecule has 1 saturated heterocycles. The Bertz CT molecular complexity index is 266. The summed E-state index contributed by atoms with van der Waals surface area (Å²) in [6, 6.07) is 2.66. The van der Waals surface area contributed by atoms with Crippen LogP contribution in [0.4, 0.5) is 5.82 Å². The Morgan fingerprint density at radius 3 is 2.92 bits per heavy atom. The van der Waals surface area contributed by atoms with Crippen LogP contribution in [-0.2, 0) is 7.05 Å². The molecule has 0 saturated carbocycles. The van der Waals surface area contributed by atoms with Crippen LogP contribution in [0.25, 0.3) is 0 Å². The number of hydrogen-bond acceptors (Lipinski definition) is 3. The van der Waals surface area contributed by atoms with Crippen LogP contribution in [0.15, 0.2) is 12.3 Å². The van der Waals surface area contributed by atoms with E-state index in [2.05, 4.69) is 10.4 Å². The van der Waals surface area contributed by atoms with Crippen LogP contribution in [0.3, 0.4) is 0 Å². The summed E-state index contributed by atoms with van der Waals surface area (Å²) >= 11 is 2.05. The van der Waals surface area contributed by atoms with Crippen LogP contribution in [0.5, 0.6) is 0 Å². The topological polar surface area (TPSA) is 29.9 Å². The maximum atomic E-state index is 4.30. The summed E-state index contributed by atoms with van der Waals surface area (Å²) in [5.41, 5.74) is 0. The summed E-state index contributed by atoms with van der Waals surface area (Å²) in [5.74, 6) is 3.58. The molecule has 0 radical (unpaired) electrons. The molecule has 2 rings (SSSR count). The molecule has 1 fully saturated rings. The molecule has 0 aromatic carbocycles. The second-order valence-electron chi connectivity index (χ2n) is 3.41. The molecule has 13 heavy (non-hydrogen) atoms. The summed E-state index contributed by atoms with van der Waals surface area (Å²) in [4.78, 5) is 0. The van der Waals surface area contributed by atoms with Gasteiger partial charge in [0.15, 0.2) is 0 Å². The standard InChI is InChI=1S/C9H15N3S/c1-12-5-2-9(11-12)10-8-3-6-13-7-4-8/h2,5,8H,3-4,6-7H2,1H3,(H,10,11). The Hall–Kier alpha value is -0.640. The average Bonchev–Trinajstić information content (AvgIpc) is 2.53. The van der Waals surface area contributed by atoms with Gasteiger partial charge >= 0.3 is 0 Å². The third-order valence-corrected chi connectivity index (χ3v) is 3.34. The van der Waals surface area contributed by atoms with Crippen LogP contribution in [-0.4, -0.2) is 27.3 Å². The van der Waals surface area contributed by atoms with Gasteiger partial charge in [-0.2, -0.15) is 16.9 Å². The lowest BCUT2D eigenvalue weighted by Crippen LogP contribution is -2.24. The molecule has 4 heteroatoms. The van der Waals surface area contributed by atoms with Gasteiger partial charge < -0.3 is 5.32 Å². The van der Waals surface area contributed by atoms with E-state index < -0.39 is 0 Å². The Labute approximate surface area is 82.9 Å². The van der Waals surface area contributed by atoms with Crippen molar-refractivity contribution in [3.05, 3.63) is 12.3 Å². The van der Waals surface area contributed by atoms with Crippen molar-refractivity contribution in [2.45, 2.75) is 18.9 Å². The van der Waals surface area contributed by atoms with Crippen LogP contribution in [0, 0.1) is 0 Å². The molecule has 0 unspecified atom stereocenters. The quantitative estimate of drug-likeness (QED) is 0.783. The van der Waals surface area contributed by atoms with Gasteiger partial charge in [-0.3, -0.25) is 4.68 Å². The van der Waals surface area contributed by atoms with Crippen molar-refractivity contribution in [2.75, 3.05) is 16.8 Å². The first-order valence-electron chi connectivity index (χ1n) is 4.68. The summed E-state index contributed by atoms with van der Waals surface area (Å²) in [6.45, 7) is 0. The van der Waals surface area contributed by atoms with Gasteiger partial charge in [-0.1, -0.05) is 0 Å². The van der Waals surface area contributed by atoms with E-state index in [0.717, 1.165) is 5.82 Å². The van der Waals surface area contributed by atoms with Crippen LogP contribution in [0.2, 0.25) is 0 Å². The van der Waals surface area contributed by atoms with E-state index in [0.29, 0.717) is 6.04 Å². The number of nitrogens with one attached hydrogen (secondary N) is 1. The van der Waals surface area contributed by atoms with Gasteiger partial charge in [0, 0.05) is 25.4 Å². The first-order valence-corrected chi connectivity index (χ1v) is 5.84. The van der Waals surface area contributed by atoms with E-state index in [1.165, 1.54) is 24.3 Å². The van der Waals surface area contributed by atoms with E-state index in [4.69, 9.17) is 0 Å². The van der Waals surface area contributed by atoms with E-state index >= 15 is 0 Å². The van der Waals surface area contributed by atoms with E-state index in [9.17, 15) is 0 Å². The predicted molar refractivity (Wildman–Crippen MR) is 57.2 cm³/mol. The number of nitrogens with zero attached hydrogens (tertiary/aromatic N) is 2. The fourth-order valence-corrected chi connectivity index (χ4v) is 2.65. The van der Waals surface area contributed by atoms with Crippen molar-refractivity contribution < 1.29 is 0 Å². The molecule has 3 nitrogen and oxygen atoms in total. The molecule has 2 heterocycles. The van der Waals surface area contributed by atoms with Gasteiger partial charge in [0.1, 0.15) is 5.82 Å². The summed E-state index contributed by atoms with van der Waals surface area (Å²) in [6.07, 6.45) is 4.50. The number of hydrogen-bond donors (Lipinski definition) is 1. The Morgan fingerprint density at radius 1 is 1.54 bits per heavy atom. The minimum absolute atomic E-state index is 0.635. The third-order valence-electron chi connectivity index (χ3n) is 2.29. The number of rotatable bonds is 2. The van der Waals surface area contributed by atoms with Crippen molar-refractivity contribution in [3.8, 4) is 0 Å². The maximum absolute atomic E-state index is 4.30. The van der Waals surface area contributed by atoms with Crippen molar-refractivity contribution in [3.63, 3.8) is 0 Å². The smallest absolute Gasteiger partial charge is 0.148 e. The summed E-state index contributed by atoms with van der Waals surface area (Å²) in [5, 5.41) is 7.76. The highest BCUT2D eigenvalue weighted by molar-refractivity contribution is 7.99. The highest BCUT2D eigenvalue weighted by Gasteiger charge is 2.13.